The molecule has 0 spiro atoms. The van der Waals surface area contributed by atoms with E-state index in [0.717, 1.165) is 18.7 Å². The SMILES string of the molecule is COC1CC(NCc2cn[nH]c2C)C1(C)C. The van der Waals surface area contributed by atoms with E-state index in [1.54, 1.807) is 7.11 Å². The molecular weight excluding hydrogens is 202 g/mol. The van der Waals surface area contributed by atoms with Gasteiger partial charge in [0, 0.05) is 36.4 Å². The van der Waals surface area contributed by atoms with Crippen LogP contribution in [0.3, 0.4) is 0 Å². The molecule has 2 atom stereocenters. The number of aromatic amines is 1. The van der Waals surface area contributed by atoms with Crippen LogP contribution in [-0.4, -0.2) is 29.5 Å². The van der Waals surface area contributed by atoms with Gasteiger partial charge in [0.05, 0.1) is 12.3 Å². The van der Waals surface area contributed by atoms with Gasteiger partial charge in [0.25, 0.3) is 0 Å². The van der Waals surface area contributed by atoms with E-state index in [9.17, 15) is 0 Å². The molecule has 0 radical (unpaired) electrons. The first-order valence-electron chi connectivity index (χ1n) is 5.80. The maximum atomic E-state index is 5.43. The molecule has 0 bridgehead atoms. The third-order valence-corrected chi connectivity index (χ3v) is 3.94. The molecule has 1 fully saturated rings. The van der Waals surface area contributed by atoms with Crippen molar-refractivity contribution in [3.63, 3.8) is 0 Å². The summed E-state index contributed by atoms with van der Waals surface area (Å²) in [5.41, 5.74) is 2.62. The van der Waals surface area contributed by atoms with Crippen molar-refractivity contribution in [1.82, 2.24) is 15.5 Å². The number of hydrogen-bond acceptors (Lipinski definition) is 3. The van der Waals surface area contributed by atoms with Crippen molar-refractivity contribution in [2.75, 3.05) is 7.11 Å². The lowest BCUT2D eigenvalue weighted by molar-refractivity contribution is -0.0979. The normalized spacial score (nSPS) is 27.8. The van der Waals surface area contributed by atoms with Crippen LogP contribution in [0.1, 0.15) is 31.5 Å². The Kier molecular flexibility index (Phi) is 3.04. The van der Waals surface area contributed by atoms with Gasteiger partial charge in [-0.3, -0.25) is 5.10 Å². The van der Waals surface area contributed by atoms with E-state index < -0.39 is 0 Å². The topological polar surface area (TPSA) is 49.9 Å². The molecule has 2 unspecified atom stereocenters. The van der Waals surface area contributed by atoms with Crippen molar-refractivity contribution in [3.05, 3.63) is 17.5 Å². The Morgan fingerprint density at radius 1 is 1.62 bits per heavy atom. The van der Waals surface area contributed by atoms with Gasteiger partial charge < -0.3 is 10.1 Å². The van der Waals surface area contributed by atoms with Gasteiger partial charge in [-0.1, -0.05) is 13.8 Å². The Morgan fingerprint density at radius 3 is 2.88 bits per heavy atom. The van der Waals surface area contributed by atoms with Crippen molar-refractivity contribution in [2.45, 2.75) is 45.9 Å². The van der Waals surface area contributed by atoms with E-state index in [2.05, 4.69) is 29.4 Å². The minimum absolute atomic E-state index is 0.229. The lowest BCUT2D eigenvalue weighted by Crippen LogP contribution is -2.60. The number of rotatable bonds is 4. The average Bonchev–Trinajstić information content (AvgIpc) is 2.63. The number of aromatic nitrogens is 2. The fraction of sp³-hybridized carbons (Fsp3) is 0.750. The molecule has 90 valence electrons. The maximum Gasteiger partial charge on any atom is 0.0652 e. The minimum Gasteiger partial charge on any atom is -0.381 e. The summed E-state index contributed by atoms with van der Waals surface area (Å²) >= 11 is 0. The third-order valence-electron chi connectivity index (χ3n) is 3.94. The van der Waals surface area contributed by atoms with Crippen LogP contribution in [0, 0.1) is 12.3 Å². The number of aryl methyl sites for hydroxylation is 1. The van der Waals surface area contributed by atoms with Crippen LogP contribution in [0.2, 0.25) is 0 Å². The molecule has 1 aliphatic rings. The molecule has 0 aromatic carbocycles. The molecule has 1 aromatic heterocycles. The van der Waals surface area contributed by atoms with Gasteiger partial charge in [-0.15, -0.1) is 0 Å². The molecule has 1 aliphatic carbocycles. The molecule has 0 amide bonds. The van der Waals surface area contributed by atoms with Crippen molar-refractivity contribution >= 4 is 0 Å². The standard InChI is InChI=1S/C12H21N3O/c1-8-9(7-14-15-8)6-13-10-5-11(16-4)12(10,2)3/h7,10-11,13H,5-6H2,1-4H3,(H,14,15). The highest BCUT2D eigenvalue weighted by molar-refractivity contribution is 5.15. The first kappa shape index (κ1) is 11.6. The molecular formula is C12H21N3O. The summed E-state index contributed by atoms with van der Waals surface area (Å²) in [5, 5.41) is 10.6. The molecule has 4 heteroatoms. The summed E-state index contributed by atoms with van der Waals surface area (Å²) in [6.45, 7) is 7.44. The zero-order valence-electron chi connectivity index (χ0n) is 10.5. The van der Waals surface area contributed by atoms with Crippen LogP contribution in [0.5, 0.6) is 0 Å². The summed E-state index contributed by atoms with van der Waals surface area (Å²) < 4.78 is 5.43. The Labute approximate surface area is 96.8 Å². The van der Waals surface area contributed by atoms with Crippen molar-refractivity contribution in [1.29, 1.82) is 0 Å². The van der Waals surface area contributed by atoms with E-state index in [1.165, 1.54) is 5.56 Å². The molecule has 0 saturated heterocycles. The predicted molar refractivity (Wildman–Crippen MR) is 63.1 cm³/mol. The van der Waals surface area contributed by atoms with Gasteiger partial charge in [0.1, 0.15) is 0 Å². The maximum absolute atomic E-state index is 5.43. The quantitative estimate of drug-likeness (QED) is 0.815. The van der Waals surface area contributed by atoms with E-state index >= 15 is 0 Å². The monoisotopic (exact) mass is 223 g/mol. The third kappa shape index (κ3) is 1.87. The number of nitrogens with zero attached hydrogens (tertiary/aromatic N) is 1. The summed E-state index contributed by atoms with van der Waals surface area (Å²) in [5.74, 6) is 0. The zero-order valence-corrected chi connectivity index (χ0v) is 10.5. The van der Waals surface area contributed by atoms with Gasteiger partial charge in [-0.05, 0) is 13.3 Å². The fourth-order valence-electron chi connectivity index (χ4n) is 2.42. The number of methoxy groups -OCH3 is 1. The van der Waals surface area contributed by atoms with Crippen molar-refractivity contribution < 1.29 is 4.74 Å². The second kappa shape index (κ2) is 4.18. The van der Waals surface area contributed by atoms with Gasteiger partial charge in [0.2, 0.25) is 0 Å². The lowest BCUT2D eigenvalue weighted by Gasteiger charge is -2.51. The van der Waals surface area contributed by atoms with E-state index in [0.29, 0.717) is 12.1 Å². The fourth-order valence-corrected chi connectivity index (χ4v) is 2.42. The minimum atomic E-state index is 0.229. The summed E-state index contributed by atoms with van der Waals surface area (Å²) in [6.07, 6.45) is 3.37. The predicted octanol–water partition coefficient (Wildman–Crippen LogP) is 1.62. The molecule has 1 aromatic rings. The first-order valence-corrected chi connectivity index (χ1v) is 5.80. The van der Waals surface area contributed by atoms with Gasteiger partial charge in [-0.2, -0.15) is 5.10 Å². The lowest BCUT2D eigenvalue weighted by atomic mass is 9.64. The van der Waals surface area contributed by atoms with Crippen LogP contribution in [-0.2, 0) is 11.3 Å². The molecule has 1 saturated carbocycles. The highest BCUT2D eigenvalue weighted by atomic mass is 16.5. The van der Waals surface area contributed by atoms with Crippen molar-refractivity contribution in [2.24, 2.45) is 5.41 Å². The molecule has 2 rings (SSSR count). The number of ether oxygens (including phenoxy) is 1. The van der Waals surface area contributed by atoms with Gasteiger partial charge in [0.15, 0.2) is 0 Å². The Hall–Kier alpha value is -0.870. The zero-order chi connectivity index (χ0) is 11.8. The van der Waals surface area contributed by atoms with Crippen LogP contribution in [0.15, 0.2) is 6.20 Å². The van der Waals surface area contributed by atoms with Crippen LogP contribution in [0.25, 0.3) is 0 Å². The first-order chi connectivity index (χ1) is 7.55. The van der Waals surface area contributed by atoms with Gasteiger partial charge >= 0.3 is 0 Å². The summed E-state index contributed by atoms with van der Waals surface area (Å²) in [4.78, 5) is 0. The Balaban J connectivity index is 1.87. The largest absolute Gasteiger partial charge is 0.381 e. The van der Waals surface area contributed by atoms with Crippen molar-refractivity contribution in [3.8, 4) is 0 Å². The van der Waals surface area contributed by atoms with Crippen LogP contribution >= 0.6 is 0 Å². The van der Waals surface area contributed by atoms with Crippen LogP contribution < -0.4 is 5.32 Å². The van der Waals surface area contributed by atoms with E-state index in [-0.39, 0.29) is 5.41 Å². The summed E-state index contributed by atoms with van der Waals surface area (Å²) in [7, 11) is 1.79. The van der Waals surface area contributed by atoms with E-state index in [4.69, 9.17) is 4.74 Å². The molecule has 16 heavy (non-hydrogen) atoms. The number of H-pyrrole nitrogens is 1. The molecule has 0 aliphatic heterocycles. The smallest absolute Gasteiger partial charge is 0.0652 e. The number of hydrogen-bond donors (Lipinski definition) is 2. The second-order valence-electron chi connectivity index (χ2n) is 5.24. The number of nitrogens with one attached hydrogen (secondary N) is 2. The van der Waals surface area contributed by atoms with Crippen LogP contribution in [0.4, 0.5) is 0 Å². The Morgan fingerprint density at radius 2 is 2.38 bits per heavy atom. The molecule has 1 heterocycles. The highest BCUT2D eigenvalue weighted by Crippen LogP contribution is 2.42. The molecule has 2 N–H and O–H groups in total. The molecule has 4 nitrogen and oxygen atoms in total. The average molecular weight is 223 g/mol. The second-order valence-corrected chi connectivity index (χ2v) is 5.24. The van der Waals surface area contributed by atoms with E-state index in [1.807, 2.05) is 13.1 Å². The highest BCUT2D eigenvalue weighted by Gasteiger charge is 2.48. The van der Waals surface area contributed by atoms with Gasteiger partial charge in [-0.25, -0.2) is 0 Å². The Bertz CT molecular complexity index is 359. The summed E-state index contributed by atoms with van der Waals surface area (Å²) in [6, 6.07) is 0.534.